The molecule has 3 fully saturated rings. The van der Waals surface area contributed by atoms with Gasteiger partial charge in [0, 0.05) is 25.7 Å². The molecule has 10 nitrogen and oxygen atoms in total. The fourth-order valence-corrected chi connectivity index (χ4v) is 5.57. The Morgan fingerprint density at radius 1 is 1.31 bits per heavy atom. The minimum Gasteiger partial charge on any atom is -0.449 e. The van der Waals surface area contributed by atoms with Crippen molar-refractivity contribution in [3.63, 3.8) is 0 Å². The van der Waals surface area contributed by atoms with Gasteiger partial charge in [-0.05, 0) is 44.6 Å². The summed E-state index contributed by atoms with van der Waals surface area (Å²) < 4.78 is 21.9. The van der Waals surface area contributed by atoms with Gasteiger partial charge in [0.25, 0.3) is 0 Å². The van der Waals surface area contributed by atoms with E-state index in [4.69, 9.17) is 10.8 Å². The molecule has 0 bridgehead atoms. The first-order valence-electron chi connectivity index (χ1n) is 11.7. The van der Waals surface area contributed by atoms with Crippen LogP contribution in [0.2, 0.25) is 0 Å². The van der Waals surface area contributed by atoms with Crippen molar-refractivity contribution >= 4 is 28.7 Å². The van der Waals surface area contributed by atoms with Gasteiger partial charge in [0.1, 0.15) is 17.4 Å². The molecule has 2 aromatic rings. The van der Waals surface area contributed by atoms with E-state index in [-0.39, 0.29) is 46.1 Å². The van der Waals surface area contributed by atoms with E-state index in [1.807, 2.05) is 0 Å². The van der Waals surface area contributed by atoms with Crippen LogP contribution < -0.4 is 20.8 Å². The van der Waals surface area contributed by atoms with Crippen LogP contribution in [0.25, 0.3) is 10.9 Å². The Morgan fingerprint density at radius 3 is 2.69 bits per heavy atom. The van der Waals surface area contributed by atoms with Crippen molar-refractivity contribution < 1.29 is 23.8 Å². The summed E-state index contributed by atoms with van der Waals surface area (Å²) in [4.78, 5) is 40.3. The molecule has 0 spiro atoms. The molecule has 1 aromatic carbocycles. The fraction of sp³-hybridized carbons (Fsp3) is 0.500. The maximum absolute atomic E-state index is 15.6. The van der Waals surface area contributed by atoms with Gasteiger partial charge in [0.2, 0.25) is 11.3 Å². The lowest BCUT2D eigenvalue weighted by Crippen LogP contribution is -2.53. The van der Waals surface area contributed by atoms with Crippen molar-refractivity contribution in [3.8, 4) is 11.8 Å². The Bertz CT molecular complexity index is 1330. The Hall–Kier alpha value is -3.65. The lowest BCUT2D eigenvalue weighted by Gasteiger charge is -2.37. The van der Waals surface area contributed by atoms with E-state index in [9.17, 15) is 19.6 Å². The number of ether oxygens (including phenoxy) is 1. The molecule has 0 radical (unpaired) electrons. The highest BCUT2D eigenvalue weighted by atomic mass is 19.1. The molecule has 3 aliphatic rings. The predicted octanol–water partition coefficient (Wildman–Crippen LogP) is 2.18. The molecule has 1 aromatic heterocycles. The second-order valence-electron chi connectivity index (χ2n) is 9.61. The van der Waals surface area contributed by atoms with Gasteiger partial charge >= 0.3 is 6.16 Å². The molecule has 0 unspecified atom stereocenters. The molecule has 3 N–H and O–H groups in total. The number of carboxylic acid groups (broad SMARTS) is 1. The van der Waals surface area contributed by atoms with Crippen LogP contribution in [0.5, 0.6) is 5.75 Å². The van der Waals surface area contributed by atoms with Gasteiger partial charge in [-0.25, -0.2) is 9.18 Å². The first kappa shape index (κ1) is 23.1. The van der Waals surface area contributed by atoms with Crippen LogP contribution in [0.4, 0.5) is 14.9 Å². The molecule has 2 saturated heterocycles. The number of amides is 1. The largest absolute Gasteiger partial charge is 0.511 e. The van der Waals surface area contributed by atoms with Crippen molar-refractivity contribution in [1.82, 2.24) is 9.47 Å². The number of likely N-dealkylation sites (tertiary alicyclic amines) is 1. The quantitative estimate of drug-likeness (QED) is 0.630. The third-order valence-corrected chi connectivity index (χ3v) is 7.23. The molecule has 11 heteroatoms. The van der Waals surface area contributed by atoms with Crippen molar-refractivity contribution in [2.75, 3.05) is 24.5 Å². The number of nitrogens with zero attached hydrogens (tertiary/aromatic N) is 4. The zero-order valence-electron chi connectivity index (χ0n) is 19.2. The summed E-state index contributed by atoms with van der Waals surface area (Å²) in [6, 6.07) is 2.35. The zero-order valence-corrected chi connectivity index (χ0v) is 19.2. The third kappa shape index (κ3) is 3.87. The number of nitriles is 1. The lowest BCUT2D eigenvalue weighted by molar-refractivity contribution is -0.136. The van der Waals surface area contributed by atoms with Gasteiger partial charge in [0.05, 0.1) is 34.9 Å². The normalized spacial score (nSPS) is 22.6. The first-order valence-corrected chi connectivity index (χ1v) is 11.7. The number of aromatic nitrogens is 1. The Balaban J connectivity index is 1.63. The number of piperidine rings is 1. The molecule has 5 rings (SSSR count). The minimum absolute atomic E-state index is 0.0228. The standard InChI is InChI=1S/C24H26FN5O5/c1-12(27)23(32)29-6-2-3-13-9-28(10-18(13)29)21-16(8-26)20-15(7-17(21)25)22(31)19(35-24(33)34)11-30(20)14-4-5-14/h7,11-14,18H,2-6,9-10,27H2,1H3,(H,33,34)/t12-,13+,18-/m1/s1. The average Bonchev–Trinajstić information content (AvgIpc) is 3.57. The maximum atomic E-state index is 15.6. The molecule has 3 atom stereocenters. The van der Waals surface area contributed by atoms with Crippen LogP contribution in [0.1, 0.15) is 44.2 Å². The molecule has 1 aliphatic carbocycles. The number of halogens is 1. The summed E-state index contributed by atoms with van der Waals surface area (Å²) >= 11 is 0. The van der Waals surface area contributed by atoms with Gasteiger partial charge in [-0.3, -0.25) is 9.59 Å². The number of rotatable bonds is 4. The highest BCUT2D eigenvalue weighted by Gasteiger charge is 2.43. The summed E-state index contributed by atoms with van der Waals surface area (Å²) in [5.41, 5.74) is 5.45. The van der Waals surface area contributed by atoms with Gasteiger partial charge in [-0.15, -0.1) is 0 Å². The van der Waals surface area contributed by atoms with E-state index in [0.717, 1.165) is 31.7 Å². The van der Waals surface area contributed by atoms with Crippen LogP contribution in [-0.4, -0.2) is 58.4 Å². The van der Waals surface area contributed by atoms with Gasteiger partial charge in [-0.1, -0.05) is 0 Å². The van der Waals surface area contributed by atoms with E-state index in [2.05, 4.69) is 10.8 Å². The Morgan fingerprint density at radius 2 is 2.06 bits per heavy atom. The highest BCUT2D eigenvalue weighted by molar-refractivity contribution is 5.92. The maximum Gasteiger partial charge on any atom is 0.511 e. The summed E-state index contributed by atoms with van der Waals surface area (Å²) in [6.45, 7) is 3.07. The van der Waals surface area contributed by atoms with Crippen LogP contribution in [-0.2, 0) is 4.79 Å². The average molecular weight is 484 g/mol. The SMILES string of the molecule is C[C@@H](N)C(=O)N1CCC[C@H]2CN(c3c(F)cc4c(=O)c(OC(=O)O)cn(C5CC5)c4c3C#N)C[C@H]21. The van der Waals surface area contributed by atoms with Crippen molar-refractivity contribution in [1.29, 1.82) is 5.26 Å². The number of pyridine rings is 1. The summed E-state index contributed by atoms with van der Waals surface area (Å²) in [5, 5.41) is 19.1. The van der Waals surface area contributed by atoms with Crippen molar-refractivity contribution in [2.45, 2.75) is 50.7 Å². The number of hydrogen-bond acceptors (Lipinski definition) is 7. The zero-order chi connectivity index (χ0) is 25.0. The highest BCUT2D eigenvalue weighted by Crippen LogP contribution is 2.42. The van der Waals surface area contributed by atoms with E-state index >= 15 is 4.39 Å². The molecular weight excluding hydrogens is 457 g/mol. The molecule has 2 aliphatic heterocycles. The monoisotopic (exact) mass is 483 g/mol. The molecule has 35 heavy (non-hydrogen) atoms. The van der Waals surface area contributed by atoms with Crippen LogP contribution in [0.3, 0.4) is 0 Å². The van der Waals surface area contributed by atoms with Crippen LogP contribution in [0, 0.1) is 23.1 Å². The smallest absolute Gasteiger partial charge is 0.449 e. The Labute approximate surface area is 200 Å². The molecule has 184 valence electrons. The second-order valence-corrected chi connectivity index (χ2v) is 9.61. The van der Waals surface area contributed by atoms with Crippen molar-refractivity contribution in [2.24, 2.45) is 11.7 Å². The molecule has 3 heterocycles. The fourth-order valence-electron chi connectivity index (χ4n) is 5.57. The number of fused-ring (bicyclic) bond motifs is 2. The van der Waals surface area contributed by atoms with Gasteiger partial charge in [0.15, 0.2) is 5.75 Å². The van der Waals surface area contributed by atoms with Gasteiger partial charge < -0.3 is 29.9 Å². The minimum atomic E-state index is -1.65. The van der Waals surface area contributed by atoms with Crippen LogP contribution >= 0.6 is 0 Å². The topological polar surface area (TPSA) is 142 Å². The van der Waals surface area contributed by atoms with Gasteiger partial charge in [-0.2, -0.15) is 5.26 Å². The van der Waals surface area contributed by atoms with E-state index in [1.54, 1.807) is 21.3 Å². The van der Waals surface area contributed by atoms with E-state index in [1.165, 1.54) is 6.20 Å². The number of hydrogen-bond donors (Lipinski definition) is 2. The van der Waals surface area contributed by atoms with Crippen molar-refractivity contribution in [3.05, 3.63) is 33.9 Å². The first-order chi connectivity index (χ1) is 16.7. The second kappa shape index (κ2) is 8.53. The predicted molar refractivity (Wildman–Crippen MR) is 124 cm³/mol. The summed E-state index contributed by atoms with van der Waals surface area (Å²) in [7, 11) is 0. The van der Waals surface area contributed by atoms with E-state index in [0.29, 0.717) is 19.6 Å². The molecule has 1 amide bonds. The number of nitrogens with two attached hydrogens (primary N) is 1. The summed E-state index contributed by atoms with van der Waals surface area (Å²) in [6.07, 6.45) is 2.92. The molecular formula is C24H26FN5O5. The number of anilines is 1. The lowest BCUT2D eigenvalue weighted by atomic mass is 9.91. The Kier molecular flexibility index (Phi) is 5.63. The van der Waals surface area contributed by atoms with E-state index < -0.39 is 29.2 Å². The number of benzene rings is 1. The summed E-state index contributed by atoms with van der Waals surface area (Å²) in [5.74, 6) is -1.20. The molecule has 1 saturated carbocycles. The third-order valence-electron chi connectivity index (χ3n) is 7.23. The number of carbonyl (C=O) groups excluding carboxylic acids is 1. The van der Waals surface area contributed by atoms with Crippen LogP contribution in [0.15, 0.2) is 17.1 Å². The number of carbonyl (C=O) groups is 2.